The van der Waals surface area contributed by atoms with Crippen LogP contribution in [0.3, 0.4) is 0 Å². The van der Waals surface area contributed by atoms with Crippen molar-refractivity contribution in [2.75, 3.05) is 38.1 Å². The van der Waals surface area contributed by atoms with Crippen molar-refractivity contribution in [3.05, 3.63) is 34.3 Å². The molecule has 1 N–H and O–H groups in total. The molecule has 14 heteroatoms. The van der Waals surface area contributed by atoms with Crippen molar-refractivity contribution in [1.29, 1.82) is 0 Å². The summed E-state index contributed by atoms with van der Waals surface area (Å²) in [6.07, 6.45) is -1.33. The highest BCUT2D eigenvalue weighted by atomic mass is 32.1. The molecule has 0 unspecified atom stereocenters. The second kappa shape index (κ2) is 10.2. The summed E-state index contributed by atoms with van der Waals surface area (Å²) >= 11 is 1.64. The van der Waals surface area contributed by atoms with Crippen molar-refractivity contribution in [3.63, 3.8) is 0 Å². The smallest absolute Gasteiger partial charge is 0.475 e. The van der Waals surface area contributed by atoms with E-state index < -0.39 is 23.5 Å². The van der Waals surface area contributed by atoms with Crippen LogP contribution in [0, 0.1) is 12.7 Å². The molecule has 2 aromatic rings. The van der Waals surface area contributed by atoms with E-state index in [1.54, 1.807) is 11.3 Å². The Labute approximate surface area is 197 Å². The fourth-order valence-corrected chi connectivity index (χ4v) is 4.66. The molecule has 0 atom stereocenters. The number of nitrogens with zero attached hydrogens (tertiary/aromatic N) is 6. The number of alkyl halides is 3. The van der Waals surface area contributed by atoms with Crippen LogP contribution in [0.2, 0.25) is 0 Å². The third-order valence-electron chi connectivity index (χ3n) is 5.80. The largest absolute Gasteiger partial charge is 0.490 e. The van der Waals surface area contributed by atoms with Crippen molar-refractivity contribution in [3.8, 4) is 0 Å². The number of hydrogen-bond donors (Lipinski definition) is 1. The van der Waals surface area contributed by atoms with Crippen molar-refractivity contribution < 1.29 is 32.3 Å². The molecule has 0 bridgehead atoms. The standard InChI is InChI=1S/C18H23FN6OS.C2HF3O2/c1-13-22-15(12-27-13)11-25-8-7-23(2)16(26)18(25)3-5-24(6-4-18)17-20-9-14(19)10-21-17;3-2(4,5)1(6)7/h9-10,12H,3-8,11H2,1-2H3;(H,6,7). The van der Waals surface area contributed by atoms with Crippen molar-refractivity contribution in [2.45, 2.75) is 38.0 Å². The molecule has 4 heterocycles. The molecule has 2 aliphatic heterocycles. The summed E-state index contributed by atoms with van der Waals surface area (Å²) in [6, 6.07) is 0. The van der Waals surface area contributed by atoms with E-state index in [9.17, 15) is 22.4 Å². The number of piperazine rings is 1. The number of carboxylic acids is 1. The highest BCUT2D eigenvalue weighted by Crippen LogP contribution is 2.35. The highest BCUT2D eigenvalue weighted by Gasteiger charge is 2.50. The van der Waals surface area contributed by atoms with Gasteiger partial charge in [0.15, 0.2) is 5.82 Å². The van der Waals surface area contributed by atoms with Crippen molar-refractivity contribution in [1.82, 2.24) is 24.8 Å². The Balaban J connectivity index is 0.000000406. The van der Waals surface area contributed by atoms with Gasteiger partial charge in [0.1, 0.15) is 5.54 Å². The summed E-state index contributed by atoms with van der Waals surface area (Å²) in [6.45, 7) is 5.59. The molecule has 0 radical (unpaired) electrons. The molecular weight excluding hydrogens is 480 g/mol. The lowest BCUT2D eigenvalue weighted by molar-refractivity contribution is -0.192. The third-order valence-corrected chi connectivity index (χ3v) is 6.62. The summed E-state index contributed by atoms with van der Waals surface area (Å²) < 4.78 is 44.8. The van der Waals surface area contributed by atoms with E-state index in [1.807, 2.05) is 23.8 Å². The summed E-state index contributed by atoms with van der Waals surface area (Å²) in [5.41, 5.74) is 0.514. The molecule has 0 saturated carbocycles. The number of anilines is 1. The Bertz CT molecular complexity index is 1010. The van der Waals surface area contributed by atoms with Crippen LogP contribution in [0.25, 0.3) is 0 Å². The van der Waals surface area contributed by atoms with Gasteiger partial charge in [-0.05, 0) is 19.8 Å². The second-order valence-electron chi connectivity index (χ2n) is 8.03. The molecule has 1 amide bonds. The second-order valence-corrected chi connectivity index (χ2v) is 9.09. The van der Waals surface area contributed by atoms with Gasteiger partial charge in [-0.2, -0.15) is 13.2 Å². The average Bonchev–Trinajstić information content (AvgIpc) is 3.20. The Morgan fingerprint density at radius 2 is 1.76 bits per heavy atom. The fourth-order valence-electron chi connectivity index (χ4n) is 4.06. The number of carboxylic acid groups (broad SMARTS) is 1. The summed E-state index contributed by atoms with van der Waals surface area (Å²) in [5.74, 6) is -2.50. The number of amides is 1. The van der Waals surface area contributed by atoms with E-state index in [4.69, 9.17) is 9.90 Å². The van der Waals surface area contributed by atoms with Crippen LogP contribution in [0.5, 0.6) is 0 Å². The zero-order valence-electron chi connectivity index (χ0n) is 18.5. The molecule has 4 rings (SSSR count). The molecule has 34 heavy (non-hydrogen) atoms. The first-order chi connectivity index (χ1) is 15.9. The number of halogens is 4. The molecule has 9 nitrogen and oxygen atoms in total. The minimum absolute atomic E-state index is 0.181. The molecule has 2 saturated heterocycles. The van der Waals surface area contributed by atoms with E-state index in [0.29, 0.717) is 38.4 Å². The number of thiazole rings is 1. The van der Waals surface area contributed by atoms with Gasteiger partial charge < -0.3 is 14.9 Å². The predicted molar refractivity (Wildman–Crippen MR) is 115 cm³/mol. The lowest BCUT2D eigenvalue weighted by Gasteiger charge is -2.52. The first-order valence-corrected chi connectivity index (χ1v) is 11.2. The first kappa shape index (κ1) is 25.7. The molecular formula is C20H24F4N6O3S. The lowest BCUT2D eigenvalue weighted by Crippen LogP contribution is -2.67. The summed E-state index contributed by atoms with van der Waals surface area (Å²) in [4.78, 5) is 41.0. The Kier molecular flexibility index (Phi) is 7.70. The van der Waals surface area contributed by atoms with Crippen LogP contribution in [0.4, 0.5) is 23.5 Å². The van der Waals surface area contributed by atoms with Crippen LogP contribution in [-0.4, -0.2) is 86.7 Å². The topological polar surface area (TPSA) is 103 Å². The third kappa shape index (κ3) is 5.78. The van der Waals surface area contributed by atoms with Crippen LogP contribution in [0.15, 0.2) is 17.8 Å². The van der Waals surface area contributed by atoms with Gasteiger partial charge >= 0.3 is 12.1 Å². The molecule has 2 fully saturated rings. The van der Waals surface area contributed by atoms with E-state index in [0.717, 1.165) is 23.8 Å². The maximum atomic E-state index is 13.2. The number of hydrogen-bond acceptors (Lipinski definition) is 8. The van der Waals surface area contributed by atoms with E-state index in [1.165, 1.54) is 12.4 Å². The minimum Gasteiger partial charge on any atom is -0.475 e. The quantitative estimate of drug-likeness (QED) is 0.636. The highest BCUT2D eigenvalue weighted by molar-refractivity contribution is 7.09. The molecule has 1 spiro atoms. The molecule has 2 aliphatic rings. The van der Waals surface area contributed by atoms with Gasteiger partial charge in [-0.3, -0.25) is 9.69 Å². The van der Waals surface area contributed by atoms with Crippen molar-refractivity contribution in [2.24, 2.45) is 0 Å². The molecule has 186 valence electrons. The zero-order chi connectivity index (χ0) is 25.1. The number of piperidine rings is 1. The monoisotopic (exact) mass is 504 g/mol. The van der Waals surface area contributed by atoms with Gasteiger partial charge in [-0.15, -0.1) is 11.3 Å². The summed E-state index contributed by atoms with van der Waals surface area (Å²) in [7, 11) is 1.88. The number of carbonyl (C=O) groups excluding carboxylic acids is 1. The van der Waals surface area contributed by atoms with Gasteiger partial charge in [0.05, 0.1) is 23.1 Å². The van der Waals surface area contributed by atoms with Gasteiger partial charge in [0.25, 0.3) is 0 Å². The maximum Gasteiger partial charge on any atom is 0.490 e. The first-order valence-electron chi connectivity index (χ1n) is 10.4. The van der Waals surface area contributed by atoms with Crippen molar-refractivity contribution >= 4 is 29.2 Å². The van der Waals surface area contributed by atoms with Crippen LogP contribution >= 0.6 is 11.3 Å². The predicted octanol–water partition coefficient (Wildman–Crippen LogP) is 2.33. The number of aliphatic carboxylic acids is 1. The van der Waals surface area contributed by atoms with Crippen LogP contribution in [-0.2, 0) is 16.1 Å². The Morgan fingerprint density at radius 1 is 1.18 bits per heavy atom. The molecule has 2 aromatic heterocycles. The number of likely N-dealkylation sites (N-methyl/N-ethyl adjacent to an activating group) is 1. The zero-order valence-corrected chi connectivity index (χ0v) is 19.4. The van der Waals surface area contributed by atoms with E-state index in [-0.39, 0.29) is 5.91 Å². The van der Waals surface area contributed by atoms with Gasteiger partial charge in [-0.25, -0.2) is 24.1 Å². The molecule has 0 aromatic carbocycles. The van der Waals surface area contributed by atoms with Gasteiger partial charge in [0, 0.05) is 45.2 Å². The Morgan fingerprint density at radius 3 is 2.26 bits per heavy atom. The maximum absolute atomic E-state index is 13.2. The minimum atomic E-state index is -5.08. The average molecular weight is 505 g/mol. The van der Waals surface area contributed by atoms with E-state index >= 15 is 0 Å². The fraction of sp³-hybridized carbons (Fsp3) is 0.550. The Hall–Kier alpha value is -2.87. The van der Waals surface area contributed by atoms with Gasteiger partial charge in [-0.1, -0.05) is 0 Å². The lowest BCUT2D eigenvalue weighted by atomic mass is 9.82. The normalized spacial score (nSPS) is 18.6. The van der Waals surface area contributed by atoms with Crippen LogP contribution in [0.1, 0.15) is 23.5 Å². The number of aryl methyl sites for hydroxylation is 1. The van der Waals surface area contributed by atoms with E-state index in [2.05, 4.69) is 25.2 Å². The number of carbonyl (C=O) groups is 2. The van der Waals surface area contributed by atoms with Crippen LogP contribution < -0.4 is 4.90 Å². The SMILES string of the molecule is Cc1nc(CN2CCN(C)C(=O)C23CCN(c2ncc(F)cn2)CC3)cs1.O=C(O)C(F)(F)F. The van der Waals surface area contributed by atoms with Gasteiger partial charge in [0.2, 0.25) is 11.9 Å². The summed E-state index contributed by atoms with van der Waals surface area (Å²) in [5, 5.41) is 10.2. The number of rotatable bonds is 3. The number of aromatic nitrogens is 3. The molecule has 0 aliphatic carbocycles.